The molecule has 2 aromatic carbocycles. The summed E-state index contributed by atoms with van der Waals surface area (Å²) in [6.45, 7) is 4.17. The van der Waals surface area contributed by atoms with Crippen LogP contribution in [0.15, 0.2) is 29.2 Å². The lowest BCUT2D eigenvalue weighted by atomic mass is 9.82. The summed E-state index contributed by atoms with van der Waals surface area (Å²) in [5.74, 6) is 1.20. The summed E-state index contributed by atoms with van der Waals surface area (Å²) in [6.07, 6.45) is 1.02. The number of sulfonamides is 1. The van der Waals surface area contributed by atoms with E-state index in [9.17, 15) is 13.2 Å². The highest BCUT2D eigenvalue weighted by Crippen LogP contribution is 2.44. The van der Waals surface area contributed by atoms with Gasteiger partial charge in [0.05, 0.1) is 26.2 Å². The zero-order valence-corrected chi connectivity index (χ0v) is 20.1. The maximum atomic E-state index is 13.4. The number of halogens is 1. The van der Waals surface area contributed by atoms with Gasteiger partial charge in [-0.05, 0) is 43.2 Å². The van der Waals surface area contributed by atoms with E-state index in [1.807, 2.05) is 13.8 Å². The topological polar surface area (TPSA) is 82.1 Å². The van der Waals surface area contributed by atoms with Crippen LogP contribution < -0.4 is 14.2 Å². The van der Waals surface area contributed by atoms with Crippen molar-refractivity contribution in [3.63, 3.8) is 0 Å². The molecule has 2 aliphatic rings. The third-order valence-electron chi connectivity index (χ3n) is 6.35. The van der Waals surface area contributed by atoms with Crippen LogP contribution in [0.4, 0.5) is 0 Å². The predicted octanol–water partition coefficient (Wildman–Crippen LogP) is 4.16. The molecule has 9 heteroatoms. The van der Waals surface area contributed by atoms with Crippen LogP contribution in [0.1, 0.15) is 40.7 Å². The van der Waals surface area contributed by atoms with Gasteiger partial charge in [-0.1, -0.05) is 11.6 Å². The van der Waals surface area contributed by atoms with Crippen LogP contribution in [0.3, 0.4) is 0 Å². The van der Waals surface area contributed by atoms with E-state index < -0.39 is 15.6 Å². The number of carbonyl (C=O) groups is 1. The number of hydrogen-bond acceptors (Lipinski definition) is 6. The molecule has 2 aromatic rings. The van der Waals surface area contributed by atoms with Gasteiger partial charge in [0.2, 0.25) is 10.0 Å². The third kappa shape index (κ3) is 3.74. The molecule has 0 atom stereocenters. The molecule has 0 amide bonds. The number of ether oxygens (including phenoxy) is 3. The molecule has 4 rings (SSSR count). The Morgan fingerprint density at radius 2 is 1.78 bits per heavy atom. The molecule has 32 heavy (non-hydrogen) atoms. The molecule has 0 saturated carbocycles. The van der Waals surface area contributed by atoms with E-state index in [1.165, 1.54) is 24.6 Å². The molecular weight excluding hydrogens is 454 g/mol. The van der Waals surface area contributed by atoms with Crippen LogP contribution in [0, 0.1) is 13.8 Å². The highest BCUT2D eigenvalue weighted by molar-refractivity contribution is 7.89. The molecule has 0 N–H and O–H groups in total. The summed E-state index contributed by atoms with van der Waals surface area (Å²) >= 11 is 6.33. The highest BCUT2D eigenvalue weighted by atomic mass is 35.5. The average molecular weight is 480 g/mol. The number of aryl methyl sites for hydroxylation is 1. The van der Waals surface area contributed by atoms with Gasteiger partial charge in [0.1, 0.15) is 27.7 Å². The monoisotopic (exact) mass is 479 g/mol. The number of Topliss-reactive ketones (excluding diaryl/α,β-unsaturated/α-hetero) is 1. The number of ketones is 1. The molecule has 1 saturated heterocycles. The number of rotatable bonds is 4. The smallest absolute Gasteiger partial charge is 0.246 e. The van der Waals surface area contributed by atoms with E-state index in [-0.39, 0.29) is 35.9 Å². The number of benzene rings is 2. The zero-order chi connectivity index (χ0) is 23.3. The van der Waals surface area contributed by atoms with E-state index >= 15 is 0 Å². The molecule has 0 aliphatic carbocycles. The van der Waals surface area contributed by atoms with Gasteiger partial charge >= 0.3 is 0 Å². The molecule has 7 nitrogen and oxygen atoms in total. The highest BCUT2D eigenvalue weighted by Gasteiger charge is 2.46. The van der Waals surface area contributed by atoms with Gasteiger partial charge in [-0.15, -0.1) is 0 Å². The maximum Gasteiger partial charge on any atom is 0.246 e. The van der Waals surface area contributed by atoms with Crippen molar-refractivity contribution in [1.29, 1.82) is 0 Å². The van der Waals surface area contributed by atoms with Gasteiger partial charge < -0.3 is 14.2 Å². The van der Waals surface area contributed by atoms with E-state index in [1.54, 1.807) is 18.2 Å². The van der Waals surface area contributed by atoms with Crippen molar-refractivity contribution in [2.45, 2.75) is 43.6 Å². The number of piperidine rings is 1. The second kappa shape index (κ2) is 8.24. The van der Waals surface area contributed by atoms with Gasteiger partial charge in [0.25, 0.3) is 0 Å². The second-order valence-corrected chi connectivity index (χ2v) is 10.6. The fourth-order valence-electron chi connectivity index (χ4n) is 4.54. The first-order chi connectivity index (χ1) is 15.1. The van der Waals surface area contributed by atoms with Gasteiger partial charge in [-0.2, -0.15) is 4.31 Å². The molecular formula is C23H26ClNO6S. The predicted molar refractivity (Wildman–Crippen MR) is 121 cm³/mol. The number of nitrogens with zero attached hydrogens (tertiary/aromatic N) is 1. The summed E-state index contributed by atoms with van der Waals surface area (Å²) in [7, 11) is -0.903. The van der Waals surface area contributed by atoms with E-state index in [0.29, 0.717) is 34.9 Å². The van der Waals surface area contributed by atoms with Crippen molar-refractivity contribution in [3.05, 3.63) is 46.0 Å². The minimum absolute atomic E-state index is 0.0172. The van der Waals surface area contributed by atoms with Crippen molar-refractivity contribution < 1.29 is 27.4 Å². The molecule has 0 aromatic heterocycles. The molecule has 1 spiro atoms. The number of fused-ring (bicyclic) bond motifs is 1. The van der Waals surface area contributed by atoms with Crippen molar-refractivity contribution in [2.24, 2.45) is 0 Å². The van der Waals surface area contributed by atoms with Crippen LogP contribution in [-0.2, 0) is 10.0 Å². The van der Waals surface area contributed by atoms with Gasteiger partial charge in [-0.25, -0.2) is 8.42 Å². The summed E-state index contributed by atoms with van der Waals surface area (Å²) in [5, 5.41) is 0.574. The Hall–Kier alpha value is -2.29. The molecule has 172 valence electrons. The standard InChI is InChI=1S/C23H26ClNO6S/c1-14-11-19-21(15(2)22(14)24)17(26)13-23(31-19)7-9-25(10-8-23)32(27,28)20-12-16(29-3)5-6-18(20)30-4/h5-6,11-12H,7-10,13H2,1-4H3. The average Bonchev–Trinajstić information content (AvgIpc) is 2.77. The van der Waals surface area contributed by atoms with Crippen molar-refractivity contribution >= 4 is 27.4 Å². The Balaban J connectivity index is 1.59. The van der Waals surface area contributed by atoms with E-state index in [0.717, 1.165) is 11.1 Å². The van der Waals surface area contributed by atoms with Crippen LogP contribution in [-0.4, -0.2) is 51.4 Å². The Morgan fingerprint density at radius 1 is 1.09 bits per heavy atom. The van der Waals surface area contributed by atoms with Crippen LogP contribution in [0.25, 0.3) is 0 Å². The minimum atomic E-state index is -3.82. The lowest BCUT2D eigenvalue weighted by molar-refractivity contribution is 0.00576. The van der Waals surface area contributed by atoms with Crippen molar-refractivity contribution in [1.82, 2.24) is 4.31 Å². The zero-order valence-electron chi connectivity index (χ0n) is 18.5. The van der Waals surface area contributed by atoms with Gasteiger partial charge in [-0.3, -0.25) is 4.79 Å². The fourth-order valence-corrected chi connectivity index (χ4v) is 6.30. The first-order valence-corrected chi connectivity index (χ1v) is 12.2. The number of methoxy groups -OCH3 is 2. The Morgan fingerprint density at radius 3 is 2.41 bits per heavy atom. The number of carbonyl (C=O) groups excluding carboxylic acids is 1. The fraction of sp³-hybridized carbons (Fsp3) is 0.435. The summed E-state index contributed by atoms with van der Waals surface area (Å²) in [4.78, 5) is 13.1. The molecule has 2 aliphatic heterocycles. The second-order valence-electron chi connectivity index (χ2n) is 8.31. The maximum absolute atomic E-state index is 13.4. The van der Waals surface area contributed by atoms with E-state index in [2.05, 4.69) is 0 Å². The molecule has 0 bridgehead atoms. The Kier molecular flexibility index (Phi) is 5.90. The normalized spacial score (nSPS) is 18.2. The molecule has 0 radical (unpaired) electrons. The molecule has 1 fully saturated rings. The Bertz CT molecular complexity index is 1190. The van der Waals surface area contributed by atoms with Crippen molar-refractivity contribution in [2.75, 3.05) is 27.3 Å². The molecule has 2 heterocycles. The van der Waals surface area contributed by atoms with Gasteiger partial charge in [0.15, 0.2) is 5.78 Å². The third-order valence-corrected chi connectivity index (χ3v) is 8.86. The Labute approximate surface area is 193 Å². The summed E-state index contributed by atoms with van der Waals surface area (Å²) in [5.41, 5.74) is 1.38. The quantitative estimate of drug-likeness (QED) is 0.654. The lowest BCUT2D eigenvalue weighted by Crippen LogP contribution is -2.52. The minimum Gasteiger partial charge on any atom is -0.497 e. The lowest BCUT2D eigenvalue weighted by Gasteiger charge is -2.44. The molecule has 0 unspecified atom stereocenters. The van der Waals surface area contributed by atoms with Crippen LogP contribution >= 0.6 is 11.6 Å². The van der Waals surface area contributed by atoms with Crippen LogP contribution in [0.5, 0.6) is 17.2 Å². The van der Waals surface area contributed by atoms with Crippen molar-refractivity contribution in [3.8, 4) is 17.2 Å². The first-order valence-electron chi connectivity index (χ1n) is 10.4. The summed E-state index contributed by atoms with van der Waals surface area (Å²) < 4.78 is 45.0. The first kappa shape index (κ1) is 22.9. The largest absolute Gasteiger partial charge is 0.497 e. The van der Waals surface area contributed by atoms with Gasteiger partial charge in [0, 0.05) is 37.0 Å². The van der Waals surface area contributed by atoms with Crippen LogP contribution in [0.2, 0.25) is 5.02 Å². The SMILES string of the molecule is COc1ccc(OC)c(S(=O)(=O)N2CCC3(CC2)CC(=O)c2c(cc(C)c(Cl)c2C)O3)c1. The summed E-state index contributed by atoms with van der Waals surface area (Å²) in [6, 6.07) is 6.49. The van der Waals surface area contributed by atoms with E-state index in [4.69, 9.17) is 25.8 Å². The number of hydrogen-bond donors (Lipinski definition) is 0.